The highest BCUT2D eigenvalue weighted by molar-refractivity contribution is 5.21. The maximum atomic E-state index is 2.55. The van der Waals surface area contributed by atoms with E-state index in [0.717, 1.165) is 23.7 Å². The van der Waals surface area contributed by atoms with E-state index in [4.69, 9.17) is 0 Å². The molecule has 1 fully saturated rings. The summed E-state index contributed by atoms with van der Waals surface area (Å²) in [6.45, 7) is 12.1. The first-order chi connectivity index (χ1) is 7.47. The minimum Gasteiger partial charge on any atom is -0.0850 e. The number of allylic oxidation sites excluding steroid dienone is 2. The Balaban J connectivity index is 2.34. The molecule has 0 aromatic rings. The van der Waals surface area contributed by atoms with Crippen LogP contribution in [0.5, 0.6) is 0 Å². The van der Waals surface area contributed by atoms with Crippen LogP contribution in [-0.4, -0.2) is 0 Å². The summed E-state index contributed by atoms with van der Waals surface area (Å²) in [5.74, 6) is 3.32. The van der Waals surface area contributed by atoms with Crippen LogP contribution in [0.3, 0.4) is 0 Å². The number of fused-ring (bicyclic) bond motifs is 1. The highest BCUT2D eigenvalue weighted by atomic mass is 14.5. The van der Waals surface area contributed by atoms with Gasteiger partial charge in [-0.05, 0) is 54.8 Å². The number of rotatable bonds is 1. The fourth-order valence-corrected chi connectivity index (χ4v) is 4.13. The van der Waals surface area contributed by atoms with E-state index in [2.05, 4.69) is 47.1 Å². The van der Waals surface area contributed by atoms with Crippen molar-refractivity contribution in [3.63, 3.8) is 0 Å². The molecule has 0 heteroatoms. The second kappa shape index (κ2) is 4.20. The van der Waals surface area contributed by atoms with E-state index < -0.39 is 0 Å². The van der Waals surface area contributed by atoms with E-state index in [1.807, 2.05) is 0 Å². The van der Waals surface area contributed by atoms with E-state index in [1.54, 1.807) is 5.57 Å². The first kappa shape index (κ1) is 12.2. The zero-order chi connectivity index (χ0) is 11.9. The van der Waals surface area contributed by atoms with Crippen LogP contribution in [0.4, 0.5) is 0 Å². The molecule has 0 aliphatic heterocycles. The third-order valence-electron chi connectivity index (χ3n) is 5.27. The molecular formula is C16H27. The predicted molar refractivity (Wildman–Crippen MR) is 71.0 cm³/mol. The third kappa shape index (κ3) is 1.85. The lowest BCUT2D eigenvalue weighted by Crippen LogP contribution is -2.42. The van der Waals surface area contributed by atoms with Gasteiger partial charge in [0, 0.05) is 0 Å². The van der Waals surface area contributed by atoms with Crippen LogP contribution in [0.25, 0.3) is 0 Å². The summed E-state index contributed by atoms with van der Waals surface area (Å²) in [4.78, 5) is 0. The zero-order valence-corrected chi connectivity index (χ0v) is 11.6. The van der Waals surface area contributed by atoms with Gasteiger partial charge in [0.15, 0.2) is 0 Å². The Morgan fingerprint density at radius 3 is 2.62 bits per heavy atom. The summed E-state index contributed by atoms with van der Waals surface area (Å²) in [5, 5.41) is 0. The first-order valence-electron chi connectivity index (χ1n) is 6.96. The molecule has 4 unspecified atom stereocenters. The lowest BCUT2D eigenvalue weighted by Gasteiger charge is -2.51. The van der Waals surface area contributed by atoms with Crippen LogP contribution < -0.4 is 0 Å². The highest BCUT2D eigenvalue weighted by Crippen LogP contribution is 2.54. The third-order valence-corrected chi connectivity index (χ3v) is 5.27. The molecule has 0 heterocycles. The SMILES string of the molecule is C[CH]C1C(C)C(C)CC2=CCCC(C)(C)C21. The van der Waals surface area contributed by atoms with Crippen LogP contribution in [0, 0.1) is 35.5 Å². The van der Waals surface area contributed by atoms with Gasteiger partial charge in [-0.1, -0.05) is 46.3 Å². The van der Waals surface area contributed by atoms with Crippen molar-refractivity contribution in [2.24, 2.45) is 29.1 Å². The van der Waals surface area contributed by atoms with Gasteiger partial charge in [-0.2, -0.15) is 0 Å². The van der Waals surface area contributed by atoms with Gasteiger partial charge in [0.05, 0.1) is 0 Å². The Morgan fingerprint density at radius 1 is 1.31 bits per heavy atom. The summed E-state index contributed by atoms with van der Waals surface area (Å²) < 4.78 is 0. The molecule has 1 saturated carbocycles. The number of hydrogen-bond donors (Lipinski definition) is 0. The standard InChI is InChI=1S/C16H27/c1-6-14-12(3)11(2)10-13-8-7-9-16(4,5)15(13)14/h6,8,11-12,14-15H,7,9-10H2,1-5H3. The molecule has 2 rings (SSSR count). The van der Waals surface area contributed by atoms with E-state index in [1.165, 1.54) is 19.3 Å². The molecule has 4 atom stereocenters. The minimum atomic E-state index is 0.510. The van der Waals surface area contributed by atoms with Crippen LogP contribution in [0.2, 0.25) is 0 Å². The van der Waals surface area contributed by atoms with E-state index in [0.29, 0.717) is 5.41 Å². The van der Waals surface area contributed by atoms with Crippen molar-refractivity contribution in [3.8, 4) is 0 Å². The maximum absolute atomic E-state index is 2.55. The fraction of sp³-hybridized carbons (Fsp3) is 0.812. The molecule has 2 aliphatic rings. The van der Waals surface area contributed by atoms with Gasteiger partial charge >= 0.3 is 0 Å². The van der Waals surface area contributed by atoms with Crippen LogP contribution in [0.1, 0.15) is 53.9 Å². The Bertz CT molecular complexity index is 284. The molecule has 0 nitrogen and oxygen atoms in total. The summed E-state index contributed by atoms with van der Waals surface area (Å²) >= 11 is 0. The molecule has 0 amide bonds. The van der Waals surface area contributed by atoms with Crippen molar-refractivity contribution in [2.75, 3.05) is 0 Å². The Labute approximate surface area is 102 Å². The average Bonchev–Trinajstić information content (AvgIpc) is 2.20. The zero-order valence-electron chi connectivity index (χ0n) is 11.6. The van der Waals surface area contributed by atoms with Crippen molar-refractivity contribution in [1.82, 2.24) is 0 Å². The first-order valence-corrected chi connectivity index (χ1v) is 6.96. The van der Waals surface area contributed by atoms with Crippen LogP contribution >= 0.6 is 0 Å². The van der Waals surface area contributed by atoms with Crippen molar-refractivity contribution in [3.05, 3.63) is 18.1 Å². The Hall–Kier alpha value is -0.260. The van der Waals surface area contributed by atoms with Gasteiger partial charge in [-0.15, -0.1) is 0 Å². The molecule has 16 heavy (non-hydrogen) atoms. The lowest BCUT2D eigenvalue weighted by molar-refractivity contribution is 0.0774. The Morgan fingerprint density at radius 2 is 2.00 bits per heavy atom. The molecule has 91 valence electrons. The molecule has 0 saturated heterocycles. The quantitative estimate of drug-likeness (QED) is 0.552. The van der Waals surface area contributed by atoms with Gasteiger partial charge in [-0.25, -0.2) is 0 Å². The van der Waals surface area contributed by atoms with Crippen molar-refractivity contribution in [1.29, 1.82) is 0 Å². The molecule has 2 aliphatic carbocycles. The van der Waals surface area contributed by atoms with Gasteiger partial charge in [0.1, 0.15) is 0 Å². The summed E-state index contributed by atoms with van der Waals surface area (Å²) in [5.41, 5.74) is 2.28. The molecule has 1 radical (unpaired) electrons. The second-order valence-electron chi connectivity index (χ2n) is 6.74. The van der Waals surface area contributed by atoms with Gasteiger partial charge in [-0.3, -0.25) is 0 Å². The largest absolute Gasteiger partial charge is 0.0850 e. The summed E-state index contributed by atoms with van der Waals surface area (Å²) in [6.07, 6.45) is 9.04. The summed E-state index contributed by atoms with van der Waals surface area (Å²) in [6, 6.07) is 0. The molecule has 0 bridgehead atoms. The normalized spacial score (nSPS) is 42.4. The van der Waals surface area contributed by atoms with E-state index in [9.17, 15) is 0 Å². The molecule has 0 spiro atoms. The van der Waals surface area contributed by atoms with Crippen LogP contribution in [0.15, 0.2) is 11.6 Å². The maximum Gasteiger partial charge on any atom is -0.0118 e. The minimum absolute atomic E-state index is 0.510. The number of hydrogen-bond acceptors (Lipinski definition) is 0. The predicted octanol–water partition coefficient (Wildman–Crippen LogP) is 4.87. The van der Waals surface area contributed by atoms with Crippen molar-refractivity contribution < 1.29 is 0 Å². The monoisotopic (exact) mass is 219 g/mol. The van der Waals surface area contributed by atoms with Crippen LogP contribution in [-0.2, 0) is 0 Å². The smallest absolute Gasteiger partial charge is 0.0118 e. The van der Waals surface area contributed by atoms with Crippen molar-refractivity contribution in [2.45, 2.75) is 53.9 Å². The van der Waals surface area contributed by atoms with E-state index >= 15 is 0 Å². The fourth-order valence-electron chi connectivity index (χ4n) is 4.13. The van der Waals surface area contributed by atoms with E-state index in [-0.39, 0.29) is 0 Å². The van der Waals surface area contributed by atoms with Gasteiger partial charge in [0.25, 0.3) is 0 Å². The lowest BCUT2D eigenvalue weighted by atomic mass is 9.54. The molecular weight excluding hydrogens is 192 g/mol. The second-order valence-corrected chi connectivity index (χ2v) is 6.74. The van der Waals surface area contributed by atoms with Gasteiger partial charge in [0.2, 0.25) is 0 Å². The molecule has 0 N–H and O–H groups in total. The summed E-state index contributed by atoms with van der Waals surface area (Å²) in [7, 11) is 0. The molecule has 0 aromatic carbocycles. The average molecular weight is 219 g/mol. The van der Waals surface area contributed by atoms with Gasteiger partial charge < -0.3 is 0 Å². The Kier molecular flexibility index (Phi) is 3.20. The topological polar surface area (TPSA) is 0 Å². The highest BCUT2D eigenvalue weighted by Gasteiger charge is 2.45. The molecule has 0 aromatic heterocycles. The van der Waals surface area contributed by atoms with Crippen molar-refractivity contribution >= 4 is 0 Å².